The van der Waals surface area contributed by atoms with Crippen molar-refractivity contribution < 1.29 is 4.92 Å². The predicted molar refractivity (Wildman–Crippen MR) is 84.2 cm³/mol. The monoisotopic (exact) mass is 301 g/mol. The molecule has 2 atom stereocenters. The van der Waals surface area contributed by atoms with E-state index in [9.17, 15) is 10.1 Å². The van der Waals surface area contributed by atoms with E-state index in [-0.39, 0.29) is 16.9 Å². The molecule has 1 heterocycles. The standard InChI is InChI=1S/C14H23NO2S2/c1-2-5-13(15(16)17)11-6-3-7-12(10-11)14-18-8-4-9-19-14/h11,13H,2-10H2,1H3/t11-,13-/m0/s1. The molecule has 0 N–H and O–H groups in total. The Morgan fingerprint density at radius 3 is 2.74 bits per heavy atom. The van der Waals surface area contributed by atoms with E-state index >= 15 is 0 Å². The van der Waals surface area contributed by atoms with Crippen LogP contribution in [0.15, 0.2) is 9.81 Å². The molecule has 108 valence electrons. The van der Waals surface area contributed by atoms with Gasteiger partial charge in [0.15, 0.2) is 0 Å². The van der Waals surface area contributed by atoms with Gasteiger partial charge in [0.1, 0.15) is 0 Å². The van der Waals surface area contributed by atoms with Crippen LogP contribution in [-0.2, 0) is 0 Å². The molecule has 2 aliphatic rings. The van der Waals surface area contributed by atoms with E-state index in [4.69, 9.17) is 0 Å². The second kappa shape index (κ2) is 7.58. The Hall–Kier alpha value is -0.160. The third-order valence-corrected chi connectivity index (χ3v) is 6.80. The van der Waals surface area contributed by atoms with Gasteiger partial charge >= 0.3 is 0 Å². The van der Waals surface area contributed by atoms with E-state index in [0.29, 0.717) is 0 Å². The fourth-order valence-corrected chi connectivity index (χ4v) is 5.80. The Kier molecular flexibility index (Phi) is 6.07. The molecule has 0 unspecified atom stereocenters. The Balaban J connectivity index is 2.04. The lowest BCUT2D eigenvalue weighted by Crippen LogP contribution is -2.31. The van der Waals surface area contributed by atoms with Crippen LogP contribution in [0, 0.1) is 16.0 Å². The molecule has 0 aromatic rings. The van der Waals surface area contributed by atoms with E-state index in [1.54, 1.807) is 0 Å². The van der Waals surface area contributed by atoms with Crippen LogP contribution in [0.5, 0.6) is 0 Å². The predicted octanol–water partition coefficient (Wildman–Crippen LogP) is 4.70. The fraction of sp³-hybridized carbons (Fsp3) is 0.857. The molecule has 0 spiro atoms. The topological polar surface area (TPSA) is 43.1 Å². The molecule has 0 aromatic carbocycles. The summed E-state index contributed by atoms with van der Waals surface area (Å²) >= 11 is 3.96. The summed E-state index contributed by atoms with van der Waals surface area (Å²) in [4.78, 5) is 11.2. The Morgan fingerprint density at radius 1 is 1.37 bits per heavy atom. The van der Waals surface area contributed by atoms with E-state index < -0.39 is 0 Å². The summed E-state index contributed by atoms with van der Waals surface area (Å²) in [7, 11) is 0. The van der Waals surface area contributed by atoms with Gasteiger partial charge in [-0.25, -0.2) is 0 Å². The molecule has 0 radical (unpaired) electrons. The summed E-state index contributed by atoms with van der Waals surface area (Å²) in [6, 6.07) is -0.320. The zero-order valence-corrected chi connectivity index (χ0v) is 13.2. The van der Waals surface area contributed by atoms with E-state index in [0.717, 1.165) is 32.1 Å². The summed E-state index contributed by atoms with van der Waals surface area (Å²) in [6.45, 7) is 2.05. The van der Waals surface area contributed by atoms with Crippen LogP contribution in [0.4, 0.5) is 0 Å². The van der Waals surface area contributed by atoms with Crippen LogP contribution in [-0.4, -0.2) is 22.5 Å². The van der Waals surface area contributed by atoms with Crippen molar-refractivity contribution in [1.29, 1.82) is 0 Å². The number of nitrogens with zero attached hydrogens (tertiary/aromatic N) is 1. The molecule has 0 aromatic heterocycles. The molecule has 1 aliphatic carbocycles. The first-order chi connectivity index (χ1) is 9.22. The van der Waals surface area contributed by atoms with Gasteiger partial charge in [-0.05, 0) is 55.6 Å². The Morgan fingerprint density at radius 2 is 2.11 bits per heavy atom. The smallest absolute Gasteiger partial charge is 0.216 e. The van der Waals surface area contributed by atoms with E-state index in [1.807, 2.05) is 30.4 Å². The average Bonchev–Trinajstić information content (AvgIpc) is 2.45. The lowest BCUT2D eigenvalue weighted by atomic mass is 9.80. The quantitative estimate of drug-likeness (QED) is 0.557. The number of allylic oxidation sites excluding steroid dienone is 1. The largest absolute Gasteiger partial charge is 0.264 e. The summed E-state index contributed by atoms with van der Waals surface area (Å²) in [6.07, 6.45) is 7.26. The van der Waals surface area contributed by atoms with Gasteiger partial charge in [-0.3, -0.25) is 10.1 Å². The third-order valence-electron chi connectivity index (χ3n) is 4.01. The second-order valence-electron chi connectivity index (χ2n) is 5.44. The maximum atomic E-state index is 11.3. The Bertz CT molecular complexity index is 349. The average molecular weight is 301 g/mol. The van der Waals surface area contributed by atoms with Crippen molar-refractivity contribution in [1.82, 2.24) is 0 Å². The molecule has 3 nitrogen and oxygen atoms in total. The Labute approximate surface area is 124 Å². The summed E-state index contributed by atoms with van der Waals surface area (Å²) < 4.78 is 1.49. The number of hydrogen-bond donors (Lipinski definition) is 0. The number of thioether (sulfide) groups is 2. The van der Waals surface area contributed by atoms with Crippen LogP contribution in [0.1, 0.15) is 51.9 Å². The van der Waals surface area contributed by atoms with Crippen molar-refractivity contribution in [3.63, 3.8) is 0 Å². The minimum absolute atomic E-state index is 0.0249. The van der Waals surface area contributed by atoms with Crippen molar-refractivity contribution >= 4 is 23.5 Å². The van der Waals surface area contributed by atoms with Crippen molar-refractivity contribution in [3.8, 4) is 0 Å². The zero-order valence-electron chi connectivity index (χ0n) is 11.6. The maximum absolute atomic E-state index is 11.3. The fourth-order valence-electron chi connectivity index (χ4n) is 3.06. The van der Waals surface area contributed by atoms with Gasteiger partial charge in [-0.1, -0.05) is 6.92 Å². The lowest BCUT2D eigenvalue weighted by molar-refractivity contribution is -0.533. The maximum Gasteiger partial charge on any atom is 0.216 e. The first-order valence-corrected chi connectivity index (χ1v) is 9.30. The molecule has 2 fully saturated rings. The molecule has 1 saturated heterocycles. The van der Waals surface area contributed by atoms with Crippen molar-refractivity contribution in [2.45, 2.75) is 57.9 Å². The van der Waals surface area contributed by atoms with Gasteiger partial charge in [-0.15, -0.1) is 23.5 Å². The minimum atomic E-state index is -0.320. The van der Waals surface area contributed by atoms with Crippen molar-refractivity contribution in [2.24, 2.45) is 5.92 Å². The van der Waals surface area contributed by atoms with Crippen molar-refractivity contribution in [2.75, 3.05) is 11.5 Å². The van der Waals surface area contributed by atoms with Gasteiger partial charge in [-0.2, -0.15) is 0 Å². The first kappa shape index (κ1) is 15.2. The van der Waals surface area contributed by atoms with Gasteiger partial charge < -0.3 is 0 Å². The van der Waals surface area contributed by atoms with Crippen LogP contribution >= 0.6 is 23.5 Å². The van der Waals surface area contributed by atoms with Crippen molar-refractivity contribution in [3.05, 3.63) is 19.9 Å². The summed E-state index contributed by atoms with van der Waals surface area (Å²) in [5, 5.41) is 11.3. The number of nitro groups is 1. The number of rotatable bonds is 4. The molecule has 1 saturated carbocycles. The molecular formula is C14H23NO2S2. The zero-order chi connectivity index (χ0) is 13.7. The molecule has 19 heavy (non-hydrogen) atoms. The number of hydrogen-bond acceptors (Lipinski definition) is 4. The highest BCUT2D eigenvalue weighted by Crippen LogP contribution is 2.43. The third kappa shape index (κ3) is 4.15. The molecule has 0 amide bonds. The highest BCUT2D eigenvalue weighted by Gasteiger charge is 2.34. The van der Waals surface area contributed by atoms with Gasteiger partial charge in [0.05, 0.1) is 0 Å². The second-order valence-corrected chi connectivity index (χ2v) is 7.91. The van der Waals surface area contributed by atoms with Crippen LogP contribution < -0.4 is 0 Å². The molecular weight excluding hydrogens is 278 g/mol. The van der Waals surface area contributed by atoms with Gasteiger partial charge in [0, 0.05) is 21.5 Å². The molecule has 2 rings (SSSR count). The first-order valence-electron chi connectivity index (χ1n) is 7.33. The van der Waals surface area contributed by atoms with Gasteiger partial charge in [0.25, 0.3) is 0 Å². The molecule has 1 aliphatic heterocycles. The molecule has 5 heteroatoms. The van der Waals surface area contributed by atoms with E-state index in [2.05, 4.69) is 0 Å². The summed E-state index contributed by atoms with van der Waals surface area (Å²) in [5.74, 6) is 2.73. The van der Waals surface area contributed by atoms with Crippen LogP contribution in [0.2, 0.25) is 0 Å². The van der Waals surface area contributed by atoms with Gasteiger partial charge in [0.2, 0.25) is 6.04 Å². The highest BCUT2D eigenvalue weighted by atomic mass is 32.2. The lowest BCUT2D eigenvalue weighted by Gasteiger charge is -2.29. The van der Waals surface area contributed by atoms with Crippen LogP contribution in [0.25, 0.3) is 0 Å². The van der Waals surface area contributed by atoms with E-state index in [1.165, 1.54) is 34.2 Å². The SMILES string of the molecule is CCC[C@@H]([C@H]1CCCC(=C2SCCCS2)C1)[N+](=O)[O-]. The minimum Gasteiger partial charge on any atom is -0.264 e. The normalized spacial score (nSPS) is 26.3. The summed E-state index contributed by atoms with van der Waals surface area (Å²) in [5.41, 5.74) is 1.52. The highest BCUT2D eigenvalue weighted by molar-refractivity contribution is 8.22. The molecule has 0 bridgehead atoms. The van der Waals surface area contributed by atoms with Crippen LogP contribution in [0.3, 0.4) is 0 Å².